The first-order chi connectivity index (χ1) is 7.99. The summed E-state index contributed by atoms with van der Waals surface area (Å²) in [6, 6.07) is 0.916. The molecule has 100 valence electrons. The van der Waals surface area contributed by atoms with Gasteiger partial charge in [-0.2, -0.15) is 0 Å². The highest BCUT2D eigenvalue weighted by Gasteiger charge is 2.34. The average molecular weight is 240 g/mol. The van der Waals surface area contributed by atoms with Crippen molar-refractivity contribution in [3.8, 4) is 0 Å². The van der Waals surface area contributed by atoms with Crippen molar-refractivity contribution < 1.29 is 5.11 Å². The van der Waals surface area contributed by atoms with Crippen LogP contribution in [0, 0.1) is 11.8 Å². The highest BCUT2D eigenvalue weighted by Crippen LogP contribution is 2.31. The fourth-order valence-corrected chi connectivity index (χ4v) is 2.53. The molecule has 1 saturated carbocycles. The van der Waals surface area contributed by atoms with Crippen molar-refractivity contribution in [3.63, 3.8) is 0 Å². The molecule has 0 aromatic heterocycles. The number of hydrogen-bond acceptors (Lipinski definition) is 3. The van der Waals surface area contributed by atoms with Gasteiger partial charge in [-0.25, -0.2) is 0 Å². The lowest BCUT2D eigenvalue weighted by Crippen LogP contribution is -2.43. The third-order valence-corrected chi connectivity index (χ3v) is 4.54. The second-order valence-corrected chi connectivity index (χ2v) is 6.52. The number of hydrogen-bond donors (Lipinski definition) is 2. The largest absolute Gasteiger partial charge is 0.389 e. The maximum absolute atomic E-state index is 10.1. The first-order valence-electron chi connectivity index (χ1n) is 7.16. The molecule has 2 N–H and O–H groups in total. The van der Waals surface area contributed by atoms with E-state index in [1.165, 1.54) is 32.4 Å². The molecule has 2 rings (SSSR count). The average Bonchev–Trinajstić information content (AvgIpc) is 2.99. The van der Waals surface area contributed by atoms with Crippen LogP contribution in [0.15, 0.2) is 0 Å². The molecular weight excluding hydrogens is 212 g/mol. The maximum atomic E-state index is 10.1. The molecule has 2 fully saturated rings. The minimum absolute atomic E-state index is 0.307. The number of nitrogens with one attached hydrogen (secondary N) is 1. The second kappa shape index (κ2) is 5.25. The molecule has 1 saturated heterocycles. The van der Waals surface area contributed by atoms with E-state index < -0.39 is 5.60 Å². The van der Waals surface area contributed by atoms with Gasteiger partial charge in [0.05, 0.1) is 5.60 Å². The topological polar surface area (TPSA) is 35.5 Å². The number of aliphatic hydroxyl groups is 1. The quantitative estimate of drug-likeness (QED) is 0.738. The minimum atomic E-state index is -0.575. The smallest absolute Gasteiger partial charge is 0.0766 e. The van der Waals surface area contributed by atoms with Gasteiger partial charge in [-0.3, -0.25) is 0 Å². The Bertz CT molecular complexity index is 249. The van der Waals surface area contributed by atoms with Gasteiger partial charge >= 0.3 is 0 Å². The van der Waals surface area contributed by atoms with E-state index in [9.17, 15) is 5.11 Å². The predicted octanol–water partition coefficient (Wildman–Crippen LogP) is 1.47. The van der Waals surface area contributed by atoms with E-state index in [1.807, 2.05) is 6.92 Å². The minimum Gasteiger partial charge on any atom is -0.389 e. The molecule has 1 aliphatic heterocycles. The Morgan fingerprint density at radius 3 is 2.65 bits per heavy atom. The van der Waals surface area contributed by atoms with Gasteiger partial charge in [0.2, 0.25) is 0 Å². The van der Waals surface area contributed by atoms with Crippen LogP contribution in [0.5, 0.6) is 0 Å². The Morgan fingerprint density at radius 2 is 2.06 bits per heavy atom. The SMILES string of the molecule is CC(C)C(C)(O)CNCC1CCN(C2CC2)C1. The molecule has 0 amide bonds. The lowest BCUT2D eigenvalue weighted by atomic mass is 9.92. The first-order valence-corrected chi connectivity index (χ1v) is 7.16. The fourth-order valence-electron chi connectivity index (χ4n) is 2.53. The predicted molar refractivity (Wildman–Crippen MR) is 71.0 cm³/mol. The summed E-state index contributed by atoms with van der Waals surface area (Å²) in [5.41, 5.74) is -0.575. The van der Waals surface area contributed by atoms with Crippen LogP contribution < -0.4 is 5.32 Å². The Balaban J connectivity index is 1.62. The molecule has 0 spiro atoms. The van der Waals surface area contributed by atoms with E-state index in [4.69, 9.17) is 0 Å². The van der Waals surface area contributed by atoms with Gasteiger partial charge in [0.25, 0.3) is 0 Å². The van der Waals surface area contributed by atoms with Crippen molar-refractivity contribution in [2.24, 2.45) is 11.8 Å². The van der Waals surface area contributed by atoms with E-state index in [1.54, 1.807) is 0 Å². The Kier molecular flexibility index (Phi) is 4.11. The third kappa shape index (κ3) is 3.67. The van der Waals surface area contributed by atoms with Gasteiger partial charge in [-0.15, -0.1) is 0 Å². The molecule has 0 radical (unpaired) electrons. The van der Waals surface area contributed by atoms with E-state index in [-0.39, 0.29) is 0 Å². The molecule has 1 heterocycles. The van der Waals surface area contributed by atoms with Gasteiger partial charge in [0.1, 0.15) is 0 Å². The number of likely N-dealkylation sites (tertiary alicyclic amines) is 1. The molecule has 0 bridgehead atoms. The monoisotopic (exact) mass is 240 g/mol. The zero-order valence-corrected chi connectivity index (χ0v) is 11.6. The number of nitrogens with zero attached hydrogens (tertiary/aromatic N) is 1. The summed E-state index contributed by atoms with van der Waals surface area (Å²) in [4.78, 5) is 2.65. The van der Waals surface area contributed by atoms with Crippen molar-refractivity contribution in [2.45, 2.75) is 51.7 Å². The van der Waals surface area contributed by atoms with Crippen molar-refractivity contribution >= 4 is 0 Å². The Labute approximate surface area is 106 Å². The zero-order chi connectivity index (χ0) is 12.5. The number of rotatable bonds is 6. The fraction of sp³-hybridized carbons (Fsp3) is 1.00. The van der Waals surface area contributed by atoms with Crippen molar-refractivity contribution in [2.75, 3.05) is 26.2 Å². The first kappa shape index (κ1) is 13.3. The van der Waals surface area contributed by atoms with Gasteiger partial charge in [0, 0.05) is 19.1 Å². The van der Waals surface area contributed by atoms with Gasteiger partial charge < -0.3 is 15.3 Å². The van der Waals surface area contributed by atoms with E-state index in [0.29, 0.717) is 12.5 Å². The van der Waals surface area contributed by atoms with Crippen LogP contribution >= 0.6 is 0 Å². The summed E-state index contributed by atoms with van der Waals surface area (Å²) < 4.78 is 0. The van der Waals surface area contributed by atoms with Gasteiger partial charge in [0.15, 0.2) is 0 Å². The maximum Gasteiger partial charge on any atom is 0.0766 e. The highest BCUT2D eigenvalue weighted by atomic mass is 16.3. The Morgan fingerprint density at radius 1 is 1.35 bits per heavy atom. The van der Waals surface area contributed by atoms with Crippen molar-refractivity contribution in [1.82, 2.24) is 10.2 Å². The van der Waals surface area contributed by atoms with Crippen molar-refractivity contribution in [1.29, 1.82) is 0 Å². The second-order valence-electron chi connectivity index (χ2n) is 6.52. The van der Waals surface area contributed by atoms with Crippen molar-refractivity contribution in [3.05, 3.63) is 0 Å². The molecule has 2 atom stereocenters. The zero-order valence-electron chi connectivity index (χ0n) is 11.6. The van der Waals surface area contributed by atoms with E-state index in [0.717, 1.165) is 18.5 Å². The van der Waals surface area contributed by atoms with Crippen LogP contribution in [-0.2, 0) is 0 Å². The summed E-state index contributed by atoms with van der Waals surface area (Å²) in [6.07, 6.45) is 4.16. The van der Waals surface area contributed by atoms with E-state index >= 15 is 0 Å². The highest BCUT2D eigenvalue weighted by molar-refractivity contribution is 4.90. The molecule has 1 aliphatic carbocycles. The normalized spacial score (nSPS) is 29.8. The molecular formula is C14H28N2O. The summed E-state index contributed by atoms with van der Waals surface area (Å²) in [5, 5.41) is 13.6. The molecule has 3 heteroatoms. The summed E-state index contributed by atoms with van der Waals surface area (Å²) in [7, 11) is 0. The summed E-state index contributed by atoms with van der Waals surface area (Å²) >= 11 is 0. The van der Waals surface area contributed by atoms with Crippen LogP contribution in [0.1, 0.15) is 40.0 Å². The lowest BCUT2D eigenvalue weighted by molar-refractivity contribution is 0.0136. The van der Waals surface area contributed by atoms with E-state index in [2.05, 4.69) is 24.1 Å². The molecule has 2 aliphatic rings. The standard InChI is InChI=1S/C14H28N2O/c1-11(2)14(3,17)10-15-8-12-6-7-16(9-12)13-4-5-13/h11-13,15,17H,4-10H2,1-3H3. The molecule has 2 unspecified atom stereocenters. The third-order valence-electron chi connectivity index (χ3n) is 4.54. The van der Waals surface area contributed by atoms with Crippen LogP contribution in [0.2, 0.25) is 0 Å². The van der Waals surface area contributed by atoms with Crippen LogP contribution in [0.4, 0.5) is 0 Å². The van der Waals surface area contributed by atoms with Gasteiger partial charge in [-0.05, 0) is 51.1 Å². The molecule has 3 nitrogen and oxygen atoms in total. The van der Waals surface area contributed by atoms with Crippen LogP contribution in [0.3, 0.4) is 0 Å². The molecule has 0 aromatic rings. The van der Waals surface area contributed by atoms with Crippen LogP contribution in [-0.4, -0.2) is 47.8 Å². The van der Waals surface area contributed by atoms with Gasteiger partial charge in [-0.1, -0.05) is 13.8 Å². The molecule has 0 aromatic carbocycles. The molecule has 17 heavy (non-hydrogen) atoms. The lowest BCUT2D eigenvalue weighted by Gasteiger charge is -2.28. The van der Waals surface area contributed by atoms with Crippen LogP contribution in [0.25, 0.3) is 0 Å². The Hall–Kier alpha value is -0.120. The summed E-state index contributed by atoms with van der Waals surface area (Å²) in [6.45, 7) is 10.4. The summed E-state index contributed by atoms with van der Waals surface area (Å²) in [5.74, 6) is 1.10.